The van der Waals surface area contributed by atoms with Gasteiger partial charge in [0.05, 0.1) is 5.56 Å². The molecule has 2 aromatic rings. The molecular formula is C17H13F3N4O3S. The lowest BCUT2D eigenvalue weighted by atomic mass is 10.1. The minimum atomic E-state index is -4.28. The number of fused-ring (bicyclic) bond motifs is 1. The van der Waals surface area contributed by atoms with Crippen LogP contribution in [0.25, 0.3) is 6.08 Å². The third kappa shape index (κ3) is 3.51. The second-order valence-corrected chi connectivity index (χ2v) is 7.65. The highest BCUT2D eigenvalue weighted by Gasteiger charge is 2.33. The number of nitrogens with one attached hydrogen (secondary N) is 2. The third-order valence-corrected chi connectivity index (χ3v) is 5.55. The number of hydrogen-bond donors (Lipinski definition) is 2. The highest BCUT2D eigenvalue weighted by atomic mass is 32.2. The molecule has 7 nitrogen and oxygen atoms in total. The van der Waals surface area contributed by atoms with Crippen LogP contribution in [0.3, 0.4) is 0 Å². The molecular weight excluding hydrogens is 397 g/mol. The van der Waals surface area contributed by atoms with Crippen molar-refractivity contribution in [2.45, 2.75) is 17.4 Å². The van der Waals surface area contributed by atoms with Gasteiger partial charge in [0.1, 0.15) is 28.5 Å². The highest BCUT2D eigenvalue weighted by Crippen LogP contribution is 2.28. The fourth-order valence-electron chi connectivity index (χ4n) is 2.77. The summed E-state index contributed by atoms with van der Waals surface area (Å²) in [5, 5.41) is 11.3. The first kappa shape index (κ1) is 19.7. The number of benzene rings is 1. The van der Waals surface area contributed by atoms with Gasteiger partial charge in [-0.2, -0.15) is 9.98 Å². The van der Waals surface area contributed by atoms with Crippen LogP contribution in [-0.4, -0.2) is 31.4 Å². The molecule has 0 fully saturated rings. The summed E-state index contributed by atoms with van der Waals surface area (Å²) in [5.74, 6) is -1.51. The normalized spacial score (nSPS) is 17.6. The fraction of sp³-hybridized carbons (Fsp3) is 0.176. The molecule has 0 aliphatic carbocycles. The average Bonchev–Trinajstić information content (AvgIpc) is 2.90. The van der Waals surface area contributed by atoms with Gasteiger partial charge in [0, 0.05) is 24.5 Å². The van der Waals surface area contributed by atoms with E-state index in [0.717, 1.165) is 30.5 Å². The van der Waals surface area contributed by atoms with Gasteiger partial charge in [-0.1, -0.05) is 12.2 Å². The summed E-state index contributed by atoms with van der Waals surface area (Å²) < 4.78 is 67.2. The van der Waals surface area contributed by atoms with E-state index in [4.69, 9.17) is 5.26 Å². The maximum Gasteiger partial charge on any atom is 0.272 e. The molecule has 0 radical (unpaired) electrons. The van der Waals surface area contributed by atoms with E-state index in [1.807, 2.05) is 4.72 Å². The van der Waals surface area contributed by atoms with Crippen molar-refractivity contribution >= 4 is 27.7 Å². The number of nitriles is 1. The number of sulfonamides is 1. The number of hydrogen-bond acceptors (Lipinski definition) is 4. The smallest absolute Gasteiger partial charge is 0.272 e. The Morgan fingerprint density at radius 3 is 2.75 bits per heavy atom. The molecule has 0 saturated carbocycles. The summed E-state index contributed by atoms with van der Waals surface area (Å²) in [5.41, 5.74) is -0.329. The van der Waals surface area contributed by atoms with Crippen molar-refractivity contribution in [2.24, 2.45) is 7.05 Å². The topological polar surface area (TPSA) is 104 Å². The van der Waals surface area contributed by atoms with Gasteiger partial charge < -0.3 is 9.88 Å². The van der Waals surface area contributed by atoms with Crippen molar-refractivity contribution in [1.29, 1.82) is 5.26 Å². The van der Waals surface area contributed by atoms with Gasteiger partial charge in [-0.05, 0) is 18.2 Å². The van der Waals surface area contributed by atoms with E-state index in [9.17, 15) is 26.4 Å². The number of carbonyl (C=O) groups excluding carboxylic acids is 1. The quantitative estimate of drug-likeness (QED) is 0.810. The Bertz CT molecular complexity index is 1130. The Labute approximate surface area is 158 Å². The number of rotatable bonds is 3. The van der Waals surface area contributed by atoms with Crippen LogP contribution >= 0.6 is 0 Å². The summed E-state index contributed by atoms with van der Waals surface area (Å²) in [7, 11) is -2.86. The van der Waals surface area contributed by atoms with Crippen LogP contribution in [0.5, 0.6) is 0 Å². The van der Waals surface area contributed by atoms with Gasteiger partial charge in [-0.3, -0.25) is 4.79 Å². The molecule has 0 bridgehead atoms. The largest absolute Gasteiger partial charge is 0.345 e. The van der Waals surface area contributed by atoms with Crippen molar-refractivity contribution in [2.75, 3.05) is 5.32 Å². The number of nitrogens with zero attached hydrogens (tertiary/aromatic N) is 2. The lowest BCUT2D eigenvalue weighted by molar-refractivity contribution is 0.101. The Kier molecular flexibility index (Phi) is 5.01. The van der Waals surface area contributed by atoms with Crippen LogP contribution < -0.4 is 10.0 Å². The molecule has 1 aliphatic heterocycles. The summed E-state index contributed by atoms with van der Waals surface area (Å²) >= 11 is 0. The van der Waals surface area contributed by atoms with Crippen molar-refractivity contribution in [3.05, 3.63) is 53.1 Å². The molecule has 1 unspecified atom stereocenters. The van der Waals surface area contributed by atoms with Crippen LogP contribution in [0.4, 0.5) is 18.9 Å². The average molecular weight is 410 g/mol. The standard InChI is InChI=1S/C17H13F3N4O3S/c1-24-8-14-11(3-5-13(16(19)20)23-28(14,26)27)15(24)17(25)22-10-2-4-12(18)9(6-10)7-21/h2-6,8,13,16,23H,1H3,(H,22,25). The second kappa shape index (κ2) is 7.14. The van der Waals surface area contributed by atoms with Crippen molar-refractivity contribution in [3.8, 4) is 6.07 Å². The van der Waals surface area contributed by atoms with Gasteiger partial charge in [0.25, 0.3) is 12.3 Å². The van der Waals surface area contributed by atoms with Gasteiger partial charge in [0.2, 0.25) is 10.0 Å². The minimum absolute atomic E-state index is 0.0572. The van der Waals surface area contributed by atoms with E-state index in [0.29, 0.717) is 0 Å². The molecule has 11 heteroatoms. The second-order valence-electron chi connectivity index (χ2n) is 5.97. The number of amides is 1. The zero-order chi connectivity index (χ0) is 20.6. The molecule has 1 atom stereocenters. The van der Waals surface area contributed by atoms with Crippen molar-refractivity contribution < 1.29 is 26.4 Å². The van der Waals surface area contributed by atoms with Gasteiger partial charge >= 0.3 is 0 Å². The molecule has 146 valence electrons. The monoisotopic (exact) mass is 410 g/mol. The van der Waals surface area contributed by atoms with Crippen LogP contribution in [0, 0.1) is 17.1 Å². The third-order valence-electron chi connectivity index (χ3n) is 4.07. The van der Waals surface area contributed by atoms with Crippen molar-refractivity contribution in [1.82, 2.24) is 9.29 Å². The Balaban J connectivity index is 2.03. The Morgan fingerprint density at radius 2 is 2.11 bits per heavy atom. The van der Waals surface area contributed by atoms with E-state index in [-0.39, 0.29) is 27.4 Å². The maximum atomic E-state index is 13.4. The van der Waals surface area contributed by atoms with Gasteiger partial charge in [-0.15, -0.1) is 0 Å². The number of aryl methyl sites for hydroxylation is 1. The summed E-state index contributed by atoms with van der Waals surface area (Å²) in [6, 6.07) is 3.27. The molecule has 2 heterocycles. The first-order valence-corrected chi connectivity index (χ1v) is 9.31. The number of aromatic nitrogens is 1. The fourth-order valence-corrected chi connectivity index (χ4v) is 4.19. The van der Waals surface area contributed by atoms with E-state index in [1.54, 1.807) is 6.07 Å². The van der Waals surface area contributed by atoms with Crippen LogP contribution in [-0.2, 0) is 17.1 Å². The first-order valence-electron chi connectivity index (χ1n) is 7.83. The Morgan fingerprint density at radius 1 is 1.39 bits per heavy atom. The van der Waals surface area contributed by atoms with E-state index in [2.05, 4.69) is 5.32 Å². The molecule has 1 aromatic carbocycles. The summed E-state index contributed by atoms with van der Waals surface area (Å²) in [6.45, 7) is 0. The highest BCUT2D eigenvalue weighted by molar-refractivity contribution is 7.89. The minimum Gasteiger partial charge on any atom is -0.345 e. The zero-order valence-corrected chi connectivity index (χ0v) is 15.1. The molecule has 2 N–H and O–H groups in total. The zero-order valence-electron chi connectivity index (χ0n) is 14.3. The van der Waals surface area contributed by atoms with Gasteiger partial charge in [-0.25, -0.2) is 21.6 Å². The number of halogens is 3. The van der Waals surface area contributed by atoms with E-state index >= 15 is 0 Å². The van der Waals surface area contributed by atoms with Crippen LogP contribution in [0.1, 0.15) is 21.6 Å². The predicted molar refractivity (Wildman–Crippen MR) is 93.6 cm³/mol. The van der Waals surface area contributed by atoms with Crippen LogP contribution in [0.2, 0.25) is 0 Å². The molecule has 0 spiro atoms. The van der Waals surface area contributed by atoms with E-state index in [1.165, 1.54) is 17.7 Å². The molecule has 1 amide bonds. The van der Waals surface area contributed by atoms with Crippen LogP contribution in [0.15, 0.2) is 35.4 Å². The van der Waals surface area contributed by atoms with Crippen molar-refractivity contribution in [3.63, 3.8) is 0 Å². The summed E-state index contributed by atoms with van der Waals surface area (Å²) in [4.78, 5) is 12.4. The molecule has 1 aliphatic rings. The maximum absolute atomic E-state index is 13.4. The predicted octanol–water partition coefficient (Wildman–Crippen LogP) is 2.23. The Hall–Kier alpha value is -3.10. The number of carbonyl (C=O) groups is 1. The summed E-state index contributed by atoms with van der Waals surface area (Å²) in [6.07, 6.45) is 0.279. The number of alkyl halides is 2. The molecule has 3 rings (SSSR count). The lowest BCUT2D eigenvalue weighted by Crippen LogP contribution is -2.37. The SMILES string of the molecule is Cn1cc2c(c1C(=O)Nc1ccc(F)c(C#N)c1)C=CC(C(F)F)NS2(=O)=O. The van der Waals surface area contributed by atoms with E-state index < -0.39 is 34.2 Å². The first-order chi connectivity index (χ1) is 13.1. The lowest BCUT2D eigenvalue weighted by Gasteiger charge is -2.11. The molecule has 28 heavy (non-hydrogen) atoms. The van der Waals surface area contributed by atoms with Gasteiger partial charge in [0.15, 0.2) is 0 Å². The molecule has 1 aromatic heterocycles. The number of anilines is 1. The molecule has 0 saturated heterocycles.